The molecule has 1 saturated heterocycles. The summed E-state index contributed by atoms with van der Waals surface area (Å²) in [5.74, 6) is 0. The fraction of sp³-hybridized carbons (Fsp3) is 0.571. The first-order chi connectivity index (χ1) is 7.77. The van der Waals surface area contributed by atoms with E-state index in [-0.39, 0.29) is 0 Å². The van der Waals surface area contributed by atoms with E-state index in [4.69, 9.17) is 5.73 Å². The van der Waals surface area contributed by atoms with Crippen LogP contribution in [0.15, 0.2) is 18.2 Å². The van der Waals surface area contributed by atoms with Crippen LogP contribution in [0.25, 0.3) is 0 Å². The molecule has 0 saturated carbocycles. The second-order valence-corrected chi connectivity index (χ2v) is 4.82. The van der Waals surface area contributed by atoms with Crippen LogP contribution in [0.1, 0.15) is 37.7 Å². The molecule has 0 bridgehead atoms. The van der Waals surface area contributed by atoms with Crippen molar-refractivity contribution in [3.8, 4) is 0 Å². The number of nitrogens with two attached hydrogens (primary N) is 1. The number of hydrogen-bond donors (Lipinski definition) is 1. The van der Waals surface area contributed by atoms with Crippen molar-refractivity contribution in [3.63, 3.8) is 0 Å². The Morgan fingerprint density at radius 1 is 1.00 bits per heavy atom. The lowest BCUT2D eigenvalue weighted by Crippen LogP contribution is -2.27. The third kappa shape index (κ3) is 2.69. The summed E-state index contributed by atoms with van der Waals surface area (Å²) in [7, 11) is 0. The van der Waals surface area contributed by atoms with Crippen molar-refractivity contribution >= 4 is 11.4 Å². The first-order valence-corrected chi connectivity index (χ1v) is 6.38. The number of hydrogen-bond acceptors (Lipinski definition) is 2. The number of aryl methyl sites for hydroxylation is 1. The Hall–Kier alpha value is -1.18. The summed E-state index contributed by atoms with van der Waals surface area (Å²) in [6.07, 6.45) is 6.72. The molecule has 16 heavy (non-hydrogen) atoms. The molecule has 1 aliphatic rings. The lowest BCUT2D eigenvalue weighted by atomic mass is 10.1. The third-order valence-corrected chi connectivity index (χ3v) is 3.38. The van der Waals surface area contributed by atoms with Crippen LogP contribution >= 0.6 is 0 Å². The van der Waals surface area contributed by atoms with Crippen molar-refractivity contribution in [3.05, 3.63) is 23.8 Å². The molecule has 0 radical (unpaired) electrons. The molecule has 0 atom stereocenters. The van der Waals surface area contributed by atoms with Crippen LogP contribution in [0.5, 0.6) is 0 Å². The summed E-state index contributed by atoms with van der Waals surface area (Å²) in [6, 6.07) is 6.34. The van der Waals surface area contributed by atoms with Gasteiger partial charge in [0.2, 0.25) is 0 Å². The lowest BCUT2D eigenvalue weighted by molar-refractivity contribution is 0.557. The molecule has 1 fully saturated rings. The molecule has 0 aromatic heterocycles. The van der Waals surface area contributed by atoms with E-state index in [0.29, 0.717) is 0 Å². The van der Waals surface area contributed by atoms with Gasteiger partial charge in [-0.05, 0) is 37.5 Å². The Balaban J connectivity index is 2.16. The maximum atomic E-state index is 6.07. The van der Waals surface area contributed by atoms with E-state index < -0.39 is 0 Å². The van der Waals surface area contributed by atoms with Gasteiger partial charge in [0.1, 0.15) is 0 Å². The quantitative estimate of drug-likeness (QED) is 0.732. The molecular weight excluding hydrogens is 196 g/mol. The molecule has 1 aromatic rings. The van der Waals surface area contributed by atoms with E-state index in [9.17, 15) is 0 Å². The normalized spacial score (nSPS) is 17.9. The second-order valence-electron chi connectivity index (χ2n) is 4.82. The number of benzene rings is 1. The average Bonchev–Trinajstić information content (AvgIpc) is 2.22. The Morgan fingerprint density at radius 3 is 2.31 bits per heavy atom. The van der Waals surface area contributed by atoms with Crippen LogP contribution in [-0.4, -0.2) is 13.1 Å². The summed E-state index contributed by atoms with van der Waals surface area (Å²) in [5.41, 5.74) is 9.53. The molecule has 2 heteroatoms. The zero-order valence-electron chi connectivity index (χ0n) is 10.2. The number of anilines is 2. The van der Waals surface area contributed by atoms with E-state index in [2.05, 4.69) is 24.0 Å². The van der Waals surface area contributed by atoms with Crippen molar-refractivity contribution in [1.29, 1.82) is 0 Å². The molecular formula is C14H22N2. The van der Waals surface area contributed by atoms with Gasteiger partial charge < -0.3 is 10.6 Å². The summed E-state index contributed by atoms with van der Waals surface area (Å²) >= 11 is 0. The molecule has 0 spiro atoms. The minimum Gasteiger partial charge on any atom is -0.397 e. The molecule has 0 aliphatic carbocycles. The van der Waals surface area contributed by atoms with E-state index in [1.165, 1.54) is 43.4 Å². The summed E-state index contributed by atoms with van der Waals surface area (Å²) < 4.78 is 0. The first kappa shape index (κ1) is 11.3. The van der Waals surface area contributed by atoms with E-state index in [1.807, 2.05) is 6.07 Å². The fourth-order valence-corrected chi connectivity index (χ4v) is 2.42. The van der Waals surface area contributed by atoms with Crippen LogP contribution in [0.4, 0.5) is 11.4 Å². The van der Waals surface area contributed by atoms with Crippen LogP contribution in [0, 0.1) is 6.92 Å². The highest BCUT2D eigenvalue weighted by molar-refractivity contribution is 5.68. The van der Waals surface area contributed by atoms with Gasteiger partial charge in [-0.3, -0.25) is 0 Å². The van der Waals surface area contributed by atoms with Crippen LogP contribution in [0.2, 0.25) is 0 Å². The van der Waals surface area contributed by atoms with Gasteiger partial charge in [-0.1, -0.05) is 25.3 Å². The summed E-state index contributed by atoms with van der Waals surface area (Å²) in [4.78, 5) is 2.46. The highest BCUT2D eigenvalue weighted by Crippen LogP contribution is 2.26. The van der Waals surface area contributed by atoms with Gasteiger partial charge in [0.15, 0.2) is 0 Å². The van der Waals surface area contributed by atoms with Gasteiger partial charge >= 0.3 is 0 Å². The third-order valence-electron chi connectivity index (χ3n) is 3.38. The molecule has 1 aliphatic heterocycles. The van der Waals surface area contributed by atoms with Gasteiger partial charge in [0, 0.05) is 13.1 Å². The van der Waals surface area contributed by atoms with Gasteiger partial charge in [-0.25, -0.2) is 0 Å². The SMILES string of the molecule is Cc1ccc(N)c(N2CCCCCCC2)c1. The minimum absolute atomic E-state index is 0.922. The van der Waals surface area contributed by atoms with Crippen molar-refractivity contribution in [2.45, 2.75) is 39.0 Å². The molecule has 1 heterocycles. The zero-order chi connectivity index (χ0) is 11.4. The van der Waals surface area contributed by atoms with E-state index in [1.54, 1.807) is 0 Å². The van der Waals surface area contributed by atoms with Crippen molar-refractivity contribution < 1.29 is 0 Å². The predicted molar refractivity (Wildman–Crippen MR) is 70.9 cm³/mol. The Labute approximate surface area is 98.4 Å². The second kappa shape index (κ2) is 5.24. The minimum atomic E-state index is 0.922. The average molecular weight is 218 g/mol. The number of nitrogen functional groups attached to an aromatic ring is 1. The molecule has 1 aromatic carbocycles. The largest absolute Gasteiger partial charge is 0.397 e. The monoisotopic (exact) mass is 218 g/mol. The van der Waals surface area contributed by atoms with Gasteiger partial charge in [0.05, 0.1) is 11.4 Å². The number of rotatable bonds is 1. The standard InChI is InChI=1S/C14H22N2/c1-12-7-8-13(15)14(11-12)16-9-5-3-2-4-6-10-16/h7-8,11H,2-6,9-10,15H2,1H3. The topological polar surface area (TPSA) is 29.3 Å². The van der Waals surface area contributed by atoms with Crippen molar-refractivity contribution in [2.24, 2.45) is 0 Å². The maximum Gasteiger partial charge on any atom is 0.0602 e. The number of nitrogens with zero attached hydrogens (tertiary/aromatic N) is 1. The van der Waals surface area contributed by atoms with Gasteiger partial charge in [0.25, 0.3) is 0 Å². The van der Waals surface area contributed by atoms with Gasteiger partial charge in [-0.15, -0.1) is 0 Å². The molecule has 88 valence electrons. The van der Waals surface area contributed by atoms with Crippen LogP contribution in [0.3, 0.4) is 0 Å². The highest BCUT2D eigenvalue weighted by Gasteiger charge is 2.11. The maximum absolute atomic E-state index is 6.07. The van der Waals surface area contributed by atoms with Crippen LogP contribution in [-0.2, 0) is 0 Å². The molecule has 0 unspecified atom stereocenters. The molecule has 2 N–H and O–H groups in total. The first-order valence-electron chi connectivity index (χ1n) is 6.38. The Bertz CT molecular complexity index is 339. The lowest BCUT2D eigenvalue weighted by Gasteiger charge is -2.28. The Morgan fingerprint density at radius 2 is 1.62 bits per heavy atom. The van der Waals surface area contributed by atoms with E-state index in [0.717, 1.165) is 18.8 Å². The Kier molecular flexibility index (Phi) is 3.70. The summed E-state index contributed by atoms with van der Waals surface area (Å²) in [6.45, 7) is 4.45. The van der Waals surface area contributed by atoms with Gasteiger partial charge in [-0.2, -0.15) is 0 Å². The van der Waals surface area contributed by atoms with E-state index >= 15 is 0 Å². The predicted octanol–water partition coefficient (Wildman–Crippen LogP) is 3.35. The fourth-order valence-electron chi connectivity index (χ4n) is 2.42. The molecule has 2 nitrogen and oxygen atoms in total. The highest BCUT2D eigenvalue weighted by atomic mass is 15.1. The van der Waals surface area contributed by atoms with Crippen LogP contribution < -0.4 is 10.6 Å². The summed E-state index contributed by atoms with van der Waals surface area (Å²) in [5, 5.41) is 0. The van der Waals surface area contributed by atoms with Crippen molar-refractivity contribution in [1.82, 2.24) is 0 Å². The smallest absolute Gasteiger partial charge is 0.0602 e. The molecule has 0 amide bonds. The molecule has 2 rings (SSSR count). The van der Waals surface area contributed by atoms with Crippen molar-refractivity contribution in [2.75, 3.05) is 23.7 Å². The zero-order valence-corrected chi connectivity index (χ0v) is 10.2.